The minimum absolute atomic E-state index is 0.0112. The molecule has 6 heteroatoms. The number of rotatable bonds is 5. The van der Waals surface area contributed by atoms with Gasteiger partial charge in [-0.15, -0.1) is 0 Å². The molecular weight excluding hydrogens is 215 g/mol. The first kappa shape index (κ1) is 12.5. The van der Waals surface area contributed by atoms with E-state index in [0.717, 1.165) is 6.33 Å². The molecule has 1 aromatic heterocycles. The highest BCUT2D eigenvalue weighted by Gasteiger charge is 2.18. The van der Waals surface area contributed by atoms with Gasteiger partial charge in [0.1, 0.15) is 12.0 Å². The molecule has 0 aromatic carbocycles. The summed E-state index contributed by atoms with van der Waals surface area (Å²) in [7, 11) is 0. The van der Waals surface area contributed by atoms with Gasteiger partial charge in [0, 0.05) is 6.61 Å². The van der Waals surface area contributed by atoms with Gasteiger partial charge in [0.05, 0.1) is 13.2 Å². The smallest absolute Gasteiger partial charge is 0.360 e. The summed E-state index contributed by atoms with van der Waals surface area (Å²) < 4.78 is 23.3. The molecule has 0 radical (unpaired) electrons. The fraction of sp³-hybridized carbons (Fsp3) is 0.500. The predicted octanol–water partition coefficient (Wildman–Crippen LogP) is 1.33. The third-order valence-electron chi connectivity index (χ3n) is 1.77. The minimum Gasteiger partial charge on any atom is -0.461 e. The maximum atomic E-state index is 13.7. The van der Waals surface area contributed by atoms with Crippen LogP contribution >= 0.6 is 0 Å². The molecule has 0 aliphatic heterocycles. The Balaban J connectivity index is 2.89. The van der Waals surface area contributed by atoms with Gasteiger partial charge in [-0.25, -0.2) is 19.2 Å². The van der Waals surface area contributed by atoms with E-state index in [2.05, 4.69) is 14.7 Å². The number of halogens is 1. The van der Waals surface area contributed by atoms with E-state index in [4.69, 9.17) is 4.74 Å². The molecular formula is C10H13FN2O3. The van der Waals surface area contributed by atoms with Crippen LogP contribution < -0.4 is 0 Å². The highest BCUT2D eigenvalue weighted by atomic mass is 19.1. The van der Waals surface area contributed by atoms with Gasteiger partial charge >= 0.3 is 5.97 Å². The fourth-order valence-electron chi connectivity index (χ4n) is 1.05. The summed E-state index contributed by atoms with van der Waals surface area (Å²) in [5, 5.41) is 0. The lowest BCUT2D eigenvalue weighted by atomic mass is 10.3. The highest BCUT2D eigenvalue weighted by Crippen LogP contribution is 2.10. The Hall–Kier alpha value is -1.56. The second-order valence-corrected chi connectivity index (χ2v) is 2.84. The van der Waals surface area contributed by atoms with E-state index in [-0.39, 0.29) is 24.6 Å². The van der Waals surface area contributed by atoms with Crippen LogP contribution in [0.5, 0.6) is 0 Å². The molecule has 0 saturated heterocycles. The Morgan fingerprint density at radius 2 is 2.12 bits per heavy atom. The van der Waals surface area contributed by atoms with Crippen molar-refractivity contribution in [1.82, 2.24) is 9.97 Å². The van der Waals surface area contributed by atoms with Crippen LogP contribution in [0.3, 0.4) is 0 Å². The molecule has 0 amide bonds. The van der Waals surface area contributed by atoms with Crippen molar-refractivity contribution in [2.45, 2.75) is 20.5 Å². The van der Waals surface area contributed by atoms with E-state index >= 15 is 0 Å². The van der Waals surface area contributed by atoms with E-state index in [9.17, 15) is 9.18 Å². The Kier molecular flexibility index (Phi) is 4.78. The van der Waals surface area contributed by atoms with Crippen molar-refractivity contribution in [3.63, 3.8) is 0 Å². The number of hydrogen-bond donors (Lipinski definition) is 0. The van der Waals surface area contributed by atoms with Crippen molar-refractivity contribution < 1.29 is 18.7 Å². The molecule has 1 heterocycles. The van der Waals surface area contributed by atoms with Crippen molar-refractivity contribution in [2.24, 2.45) is 0 Å². The monoisotopic (exact) mass is 228 g/mol. The van der Waals surface area contributed by atoms with Gasteiger partial charge in [0.25, 0.3) is 0 Å². The molecule has 0 fully saturated rings. The predicted molar refractivity (Wildman–Crippen MR) is 53.3 cm³/mol. The van der Waals surface area contributed by atoms with Gasteiger partial charge < -0.3 is 9.47 Å². The number of ether oxygens (including phenoxy) is 2. The Labute approximate surface area is 92.6 Å². The van der Waals surface area contributed by atoms with E-state index in [1.165, 1.54) is 0 Å². The molecule has 0 saturated carbocycles. The fourth-order valence-corrected chi connectivity index (χ4v) is 1.05. The molecule has 0 unspecified atom stereocenters. The molecule has 5 nitrogen and oxygen atoms in total. The average molecular weight is 228 g/mol. The normalized spacial score (nSPS) is 10.2. The zero-order chi connectivity index (χ0) is 12.0. The minimum atomic E-state index is -0.792. The number of hydrogen-bond acceptors (Lipinski definition) is 5. The lowest BCUT2D eigenvalue weighted by molar-refractivity contribution is 0.0511. The Morgan fingerprint density at radius 1 is 1.38 bits per heavy atom. The van der Waals surface area contributed by atoms with Crippen LogP contribution in [0, 0.1) is 5.82 Å². The molecule has 0 bridgehead atoms. The number of carbonyl (C=O) groups excluding carboxylic acids is 1. The number of carbonyl (C=O) groups is 1. The quantitative estimate of drug-likeness (QED) is 0.711. The zero-order valence-corrected chi connectivity index (χ0v) is 9.20. The molecule has 0 aliphatic carbocycles. The average Bonchev–Trinajstić information content (AvgIpc) is 2.28. The van der Waals surface area contributed by atoms with Crippen molar-refractivity contribution in [2.75, 3.05) is 13.2 Å². The van der Waals surface area contributed by atoms with Crippen molar-refractivity contribution in [3.05, 3.63) is 23.5 Å². The Morgan fingerprint density at radius 3 is 2.75 bits per heavy atom. The van der Waals surface area contributed by atoms with E-state index in [0.29, 0.717) is 6.61 Å². The Bertz CT molecular complexity index is 371. The van der Waals surface area contributed by atoms with Gasteiger partial charge in [-0.05, 0) is 13.8 Å². The van der Waals surface area contributed by atoms with Gasteiger partial charge in [-0.2, -0.15) is 0 Å². The first-order chi connectivity index (χ1) is 7.70. The summed E-state index contributed by atoms with van der Waals surface area (Å²) in [6.07, 6.45) is 1.11. The molecule has 1 aromatic rings. The molecule has 0 spiro atoms. The molecule has 1 rings (SSSR count). The zero-order valence-electron chi connectivity index (χ0n) is 9.20. The second-order valence-electron chi connectivity index (χ2n) is 2.84. The van der Waals surface area contributed by atoms with Crippen LogP contribution in [0.15, 0.2) is 6.33 Å². The summed E-state index contributed by atoms with van der Waals surface area (Å²) in [5.41, 5.74) is -0.300. The van der Waals surface area contributed by atoms with Crippen LogP contribution in [0.1, 0.15) is 30.0 Å². The second kappa shape index (κ2) is 6.12. The van der Waals surface area contributed by atoms with Crippen LogP contribution in [-0.4, -0.2) is 29.2 Å². The third-order valence-corrected chi connectivity index (χ3v) is 1.77. The topological polar surface area (TPSA) is 61.3 Å². The first-order valence-electron chi connectivity index (χ1n) is 4.94. The maximum Gasteiger partial charge on any atom is 0.360 e. The summed E-state index contributed by atoms with van der Waals surface area (Å²) in [5.74, 6) is -1.57. The third kappa shape index (κ3) is 2.96. The molecule has 0 aliphatic rings. The maximum absolute atomic E-state index is 13.7. The number of esters is 1. The van der Waals surface area contributed by atoms with Crippen LogP contribution in [0.4, 0.5) is 4.39 Å². The number of aromatic nitrogens is 2. The van der Waals surface area contributed by atoms with Gasteiger partial charge in [-0.1, -0.05) is 0 Å². The van der Waals surface area contributed by atoms with E-state index in [1.807, 2.05) is 0 Å². The largest absolute Gasteiger partial charge is 0.461 e. The van der Waals surface area contributed by atoms with Crippen molar-refractivity contribution in [3.8, 4) is 0 Å². The number of nitrogens with zero attached hydrogens (tertiary/aromatic N) is 2. The SMILES string of the molecule is CCOCc1ncnc(C(=O)OCC)c1F. The van der Waals surface area contributed by atoms with Crippen molar-refractivity contribution in [1.29, 1.82) is 0 Å². The van der Waals surface area contributed by atoms with Gasteiger partial charge in [0.15, 0.2) is 11.5 Å². The molecule has 88 valence electrons. The lowest BCUT2D eigenvalue weighted by Crippen LogP contribution is -2.13. The van der Waals surface area contributed by atoms with Crippen molar-refractivity contribution >= 4 is 5.97 Å². The summed E-state index contributed by atoms with van der Waals surface area (Å²) in [6, 6.07) is 0. The van der Waals surface area contributed by atoms with Gasteiger partial charge in [0.2, 0.25) is 0 Å². The molecule has 16 heavy (non-hydrogen) atoms. The molecule has 0 atom stereocenters. The summed E-state index contributed by atoms with van der Waals surface area (Å²) >= 11 is 0. The van der Waals surface area contributed by atoms with Crippen LogP contribution in [-0.2, 0) is 16.1 Å². The van der Waals surface area contributed by atoms with Crippen LogP contribution in [0.25, 0.3) is 0 Å². The van der Waals surface area contributed by atoms with Crippen LogP contribution in [0.2, 0.25) is 0 Å². The standard InChI is InChI=1S/C10H13FN2O3/c1-3-15-5-7-8(11)9(13-6-12-7)10(14)16-4-2/h6H,3-5H2,1-2H3. The summed E-state index contributed by atoms with van der Waals surface area (Å²) in [6.45, 7) is 4.04. The highest BCUT2D eigenvalue weighted by molar-refractivity contribution is 5.87. The first-order valence-corrected chi connectivity index (χ1v) is 4.94. The van der Waals surface area contributed by atoms with E-state index < -0.39 is 11.8 Å². The van der Waals surface area contributed by atoms with E-state index in [1.54, 1.807) is 13.8 Å². The van der Waals surface area contributed by atoms with Gasteiger partial charge in [-0.3, -0.25) is 0 Å². The molecule has 0 N–H and O–H groups in total. The lowest BCUT2D eigenvalue weighted by Gasteiger charge is -2.05. The summed E-state index contributed by atoms with van der Waals surface area (Å²) in [4.78, 5) is 18.5.